The van der Waals surface area contributed by atoms with Crippen molar-refractivity contribution in [3.63, 3.8) is 0 Å². The summed E-state index contributed by atoms with van der Waals surface area (Å²) in [6.45, 7) is 3.88. The van der Waals surface area contributed by atoms with Crippen LogP contribution >= 0.6 is 0 Å². The van der Waals surface area contributed by atoms with Crippen molar-refractivity contribution in [1.29, 1.82) is 0 Å². The van der Waals surface area contributed by atoms with Gasteiger partial charge in [0.1, 0.15) is 0 Å². The molecule has 0 heterocycles. The highest BCUT2D eigenvalue weighted by Gasteiger charge is 2.36. The summed E-state index contributed by atoms with van der Waals surface area (Å²) in [4.78, 5) is 30.3. The van der Waals surface area contributed by atoms with Crippen LogP contribution in [0.1, 0.15) is 45.7 Å². The number of sulfonamides is 1. The van der Waals surface area contributed by atoms with Crippen molar-refractivity contribution in [2.45, 2.75) is 24.8 Å². The van der Waals surface area contributed by atoms with Crippen molar-refractivity contribution >= 4 is 38.7 Å². The van der Waals surface area contributed by atoms with Gasteiger partial charge in [0.2, 0.25) is 0 Å². The summed E-state index contributed by atoms with van der Waals surface area (Å²) in [7, 11) is -4.04. The molecule has 4 aromatic rings. The van der Waals surface area contributed by atoms with Crippen LogP contribution in [0.15, 0.2) is 102 Å². The van der Waals surface area contributed by atoms with Crippen molar-refractivity contribution in [2.75, 3.05) is 10.3 Å². The van der Waals surface area contributed by atoms with E-state index in [-0.39, 0.29) is 44.9 Å². The summed E-state index contributed by atoms with van der Waals surface area (Å²) in [5, 5.41) is 4.61. The lowest BCUT2D eigenvalue weighted by molar-refractivity contribution is 0.0980. The van der Waals surface area contributed by atoms with Gasteiger partial charge >= 0.3 is 0 Å². The zero-order valence-corrected chi connectivity index (χ0v) is 21.1. The van der Waals surface area contributed by atoms with E-state index in [1.54, 1.807) is 78.9 Å². The predicted molar refractivity (Wildman–Crippen MR) is 144 cm³/mol. The molecule has 4 aromatic carbocycles. The average Bonchev–Trinajstić information content (AvgIpc) is 2.91. The molecule has 0 saturated carbocycles. The Labute approximate surface area is 215 Å². The monoisotopic (exact) mass is 511 g/mol. The largest absolute Gasteiger partial charge is 0.382 e. The Morgan fingerprint density at radius 2 is 1.22 bits per heavy atom. The van der Waals surface area contributed by atoms with Crippen molar-refractivity contribution in [3.8, 4) is 0 Å². The molecule has 2 N–H and O–H groups in total. The number of rotatable bonds is 7. The van der Waals surface area contributed by atoms with Gasteiger partial charge in [0, 0.05) is 22.9 Å². The Balaban J connectivity index is 1.75. The Kier molecular flexibility index (Phi) is 6.37. The van der Waals surface area contributed by atoms with Crippen molar-refractivity contribution in [3.05, 3.63) is 119 Å². The van der Waals surface area contributed by atoms with Crippen LogP contribution in [-0.4, -0.2) is 26.0 Å². The van der Waals surface area contributed by atoms with Crippen LogP contribution in [0.4, 0.5) is 17.1 Å². The zero-order valence-electron chi connectivity index (χ0n) is 20.3. The third-order valence-electron chi connectivity index (χ3n) is 6.02. The Morgan fingerprint density at radius 3 is 1.81 bits per heavy atom. The van der Waals surface area contributed by atoms with Gasteiger partial charge in [0.25, 0.3) is 10.0 Å². The van der Waals surface area contributed by atoms with Gasteiger partial charge in [-0.15, -0.1) is 4.83 Å². The molecule has 186 valence electrons. The second-order valence-electron chi connectivity index (χ2n) is 8.96. The second kappa shape index (κ2) is 9.65. The van der Waals surface area contributed by atoms with Crippen LogP contribution < -0.4 is 15.2 Å². The van der Waals surface area contributed by atoms with E-state index in [9.17, 15) is 18.0 Å². The third kappa shape index (κ3) is 4.52. The topological polar surface area (TPSA) is 95.6 Å². The van der Waals surface area contributed by atoms with Gasteiger partial charge in [-0.05, 0) is 50.2 Å². The van der Waals surface area contributed by atoms with Gasteiger partial charge in [-0.1, -0.05) is 60.7 Å². The van der Waals surface area contributed by atoms with Crippen LogP contribution in [0.5, 0.6) is 0 Å². The highest BCUT2D eigenvalue weighted by Crippen LogP contribution is 2.40. The molecule has 5 rings (SSSR count). The molecule has 0 aromatic heterocycles. The third-order valence-corrected chi connectivity index (χ3v) is 7.33. The number of nitrogens with one attached hydrogen (secondary N) is 2. The van der Waals surface area contributed by atoms with Crippen LogP contribution in [0.3, 0.4) is 0 Å². The summed E-state index contributed by atoms with van der Waals surface area (Å²) in [5.41, 5.74) is 2.20. The van der Waals surface area contributed by atoms with E-state index in [1.807, 2.05) is 19.9 Å². The first-order chi connectivity index (χ1) is 17.8. The van der Waals surface area contributed by atoms with Gasteiger partial charge in [-0.25, -0.2) is 8.42 Å². The molecule has 0 atom stereocenters. The van der Waals surface area contributed by atoms with Crippen molar-refractivity contribution in [1.82, 2.24) is 4.83 Å². The lowest BCUT2D eigenvalue weighted by atomic mass is 9.82. The molecule has 0 radical (unpaired) electrons. The fourth-order valence-electron chi connectivity index (χ4n) is 4.41. The molecule has 1 aliphatic rings. The van der Waals surface area contributed by atoms with E-state index in [4.69, 9.17) is 0 Å². The molecule has 37 heavy (non-hydrogen) atoms. The van der Waals surface area contributed by atoms with Crippen LogP contribution in [0.25, 0.3) is 0 Å². The Bertz CT molecular complexity index is 1600. The van der Waals surface area contributed by atoms with E-state index in [1.165, 1.54) is 17.1 Å². The molecule has 0 bridgehead atoms. The summed E-state index contributed by atoms with van der Waals surface area (Å²) in [6.07, 6.45) is 0. The molecule has 0 fully saturated rings. The standard InChI is InChI=1S/C29H25N3O4S/c1-19(2)30-24-17-18-25(27-26(24)28(33)22-15-9-10-16-23(22)29(27)34)32(20-11-5-3-6-12-20)31-37(35,36)21-13-7-4-8-14-21/h3-19,30-31H,1-2H3. The molecular weight excluding hydrogens is 486 g/mol. The SMILES string of the molecule is CC(C)Nc1ccc(N(NS(=O)(=O)c2ccccc2)c2ccccc2)c2c1C(=O)c1ccccc1C2=O. The van der Waals surface area contributed by atoms with E-state index < -0.39 is 10.0 Å². The van der Waals surface area contributed by atoms with Gasteiger partial charge in [-0.3, -0.25) is 14.6 Å². The Morgan fingerprint density at radius 1 is 0.676 bits per heavy atom. The lowest BCUT2D eigenvalue weighted by Crippen LogP contribution is -2.40. The Hall–Kier alpha value is -4.27. The number of ketones is 2. The minimum atomic E-state index is -4.04. The van der Waals surface area contributed by atoms with Crippen LogP contribution in [-0.2, 0) is 10.0 Å². The molecule has 0 saturated heterocycles. The first kappa shape index (κ1) is 24.4. The smallest absolute Gasteiger partial charge is 0.257 e. The molecule has 0 aliphatic heterocycles. The summed E-state index contributed by atoms with van der Waals surface area (Å²) >= 11 is 0. The second-order valence-corrected chi connectivity index (χ2v) is 10.6. The maximum Gasteiger partial charge on any atom is 0.257 e. The fraction of sp³-hybridized carbons (Fsp3) is 0.103. The predicted octanol–water partition coefficient (Wildman–Crippen LogP) is 5.31. The number of para-hydroxylation sites is 1. The van der Waals surface area contributed by atoms with Crippen molar-refractivity contribution < 1.29 is 18.0 Å². The highest BCUT2D eigenvalue weighted by atomic mass is 32.2. The van der Waals surface area contributed by atoms with Gasteiger partial charge in [0.05, 0.1) is 27.4 Å². The maximum atomic E-state index is 13.9. The first-order valence-electron chi connectivity index (χ1n) is 11.8. The molecule has 7 nitrogen and oxygen atoms in total. The molecular formula is C29H25N3O4S. The number of nitrogens with zero attached hydrogens (tertiary/aromatic N) is 1. The molecule has 8 heteroatoms. The minimum Gasteiger partial charge on any atom is -0.382 e. The summed E-state index contributed by atoms with van der Waals surface area (Å²) < 4.78 is 26.8. The normalized spacial score (nSPS) is 12.7. The minimum absolute atomic E-state index is 0.00293. The zero-order chi connectivity index (χ0) is 26.2. The van der Waals surface area contributed by atoms with Crippen molar-refractivity contribution in [2.24, 2.45) is 0 Å². The number of anilines is 3. The molecule has 0 unspecified atom stereocenters. The number of hydrazine groups is 1. The van der Waals surface area contributed by atoms with E-state index >= 15 is 0 Å². The number of carbonyl (C=O) groups is 2. The molecule has 0 amide bonds. The van der Waals surface area contributed by atoms with E-state index in [0.717, 1.165) is 0 Å². The fourth-order valence-corrected chi connectivity index (χ4v) is 5.48. The van der Waals surface area contributed by atoms with Crippen LogP contribution in [0.2, 0.25) is 0 Å². The number of fused-ring (bicyclic) bond motifs is 2. The first-order valence-corrected chi connectivity index (χ1v) is 13.3. The summed E-state index contributed by atoms with van der Waals surface area (Å²) in [5.74, 6) is -0.651. The average molecular weight is 512 g/mol. The quantitative estimate of drug-likeness (QED) is 0.288. The van der Waals surface area contributed by atoms with E-state index in [2.05, 4.69) is 10.1 Å². The number of hydrogen-bond acceptors (Lipinski definition) is 6. The van der Waals surface area contributed by atoms with Crippen LogP contribution in [0, 0.1) is 0 Å². The number of benzene rings is 4. The number of hydrogen-bond donors (Lipinski definition) is 2. The maximum absolute atomic E-state index is 13.9. The molecule has 1 aliphatic carbocycles. The van der Waals surface area contributed by atoms with Gasteiger partial charge in [0.15, 0.2) is 11.6 Å². The van der Waals surface area contributed by atoms with E-state index in [0.29, 0.717) is 16.9 Å². The highest BCUT2D eigenvalue weighted by molar-refractivity contribution is 7.89. The number of carbonyl (C=O) groups excluding carboxylic acids is 2. The summed E-state index contributed by atoms with van der Waals surface area (Å²) in [6, 6.07) is 26.8. The lowest BCUT2D eigenvalue weighted by Gasteiger charge is -2.31. The van der Waals surface area contributed by atoms with Gasteiger partial charge < -0.3 is 5.32 Å². The molecule has 0 spiro atoms. The van der Waals surface area contributed by atoms with Gasteiger partial charge in [-0.2, -0.15) is 0 Å².